The number of ether oxygens (including phenoxy) is 1. The minimum Gasteiger partial charge on any atom is -0.469 e. The second kappa shape index (κ2) is 9.71. The Kier molecular flexibility index (Phi) is 7.34. The third-order valence-corrected chi connectivity index (χ3v) is 4.19. The SMILES string of the molecule is COC(=O)Cc1cc(=O)[nH]c(SCC(=O)NCCc2ccc(F)cc2)n1. The molecule has 0 fully saturated rings. The van der Waals surface area contributed by atoms with Gasteiger partial charge in [-0.05, 0) is 24.1 Å². The Labute approximate surface area is 153 Å². The van der Waals surface area contributed by atoms with Crippen LogP contribution in [0.2, 0.25) is 0 Å². The maximum atomic E-state index is 12.8. The van der Waals surface area contributed by atoms with Gasteiger partial charge in [0, 0.05) is 12.6 Å². The topological polar surface area (TPSA) is 101 Å². The summed E-state index contributed by atoms with van der Waals surface area (Å²) in [4.78, 5) is 41.3. The summed E-state index contributed by atoms with van der Waals surface area (Å²) < 4.78 is 17.4. The maximum Gasteiger partial charge on any atom is 0.311 e. The van der Waals surface area contributed by atoms with E-state index in [4.69, 9.17) is 0 Å². The first-order valence-electron chi connectivity index (χ1n) is 7.77. The maximum absolute atomic E-state index is 12.8. The Balaban J connectivity index is 1.80. The van der Waals surface area contributed by atoms with Crippen molar-refractivity contribution >= 4 is 23.6 Å². The van der Waals surface area contributed by atoms with Crippen molar-refractivity contribution in [2.45, 2.75) is 18.0 Å². The lowest BCUT2D eigenvalue weighted by molar-refractivity contribution is -0.139. The average Bonchev–Trinajstić information content (AvgIpc) is 2.61. The minimum atomic E-state index is -0.502. The summed E-state index contributed by atoms with van der Waals surface area (Å²) in [5.74, 6) is -0.963. The molecule has 0 radical (unpaired) electrons. The molecular formula is C17H18FN3O4S. The first-order chi connectivity index (χ1) is 12.5. The molecule has 9 heteroatoms. The number of aromatic amines is 1. The second-order valence-corrected chi connectivity index (χ2v) is 6.27. The molecule has 0 aliphatic heterocycles. The molecule has 0 aliphatic rings. The molecule has 1 heterocycles. The molecule has 0 atom stereocenters. The number of amides is 1. The molecule has 0 saturated heterocycles. The van der Waals surface area contributed by atoms with Crippen LogP contribution in [-0.4, -0.2) is 41.3 Å². The van der Waals surface area contributed by atoms with Crippen molar-refractivity contribution in [1.82, 2.24) is 15.3 Å². The number of nitrogens with zero attached hydrogens (tertiary/aromatic N) is 1. The van der Waals surface area contributed by atoms with Crippen LogP contribution in [0.3, 0.4) is 0 Å². The molecule has 1 amide bonds. The molecule has 0 unspecified atom stereocenters. The highest BCUT2D eigenvalue weighted by molar-refractivity contribution is 7.99. The summed E-state index contributed by atoms with van der Waals surface area (Å²) in [6.07, 6.45) is 0.470. The van der Waals surface area contributed by atoms with Crippen LogP contribution < -0.4 is 10.9 Å². The van der Waals surface area contributed by atoms with Crippen LogP contribution in [0, 0.1) is 5.82 Å². The molecule has 2 rings (SSSR count). The lowest BCUT2D eigenvalue weighted by atomic mass is 10.1. The van der Waals surface area contributed by atoms with E-state index in [1.54, 1.807) is 12.1 Å². The largest absolute Gasteiger partial charge is 0.469 e. The van der Waals surface area contributed by atoms with E-state index in [1.807, 2.05) is 0 Å². The van der Waals surface area contributed by atoms with Gasteiger partial charge in [-0.25, -0.2) is 9.37 Å². The third kappa shape index (κ3) is 6.67. The molecule has 1 aromatic carbocycles. The molecule has 0 bridgehead atoms. The van der Waals surface area contributed by atoms with Gasteiger partial charge in [0.1, 0.15) is 5.82 Å². The van der Waals surface area contributed by atoms with Crippen LogP contribution in [0.15, 0.2) is 40.3 Å². The number of carbonyl (C=O) groups excluding carboxylic acids is 2. The minimum absolute atomic E-state index is 0.0635. The van der Waals surface area contributed by atoms with E-state index in [1.165, 1.54) is 25.3 Å². The number of aromatic nitrogens is 2. The Bertz CT molecular complexity index is 824. The molecule has 2 N–H and O–H groups in total. The van der Waals surface area contributed by atoms with Crippen molar-refractivity contribution in [3.05, 3.63) is 57.8 Å². The molecule has 138 valence electrons. The Morgan fingerprint density at radius 1 is 1.31 bits per heavy atom. The number of rotatable bonds is 8. The fraction of sp³-hybridized carbons (Fsp3) is 0.294. The van der Waals surface area contributed by atoms with Gasteiger partial charge in [0.25, 0.3) is 5.56 Å². The first kappa shape index (κ1) is 19.6. The van der Waals surface area contributed by atoms with Gasteiger partial charge in [-0.2, -0.15) is 0 Å². The van der Waals surface area contributed by atoms with Crippen LogP contribution in [0.25, 0.3) is 0 Å². The monoisotopic (exact) mass is 379 g/mol. The third-order valence-electron chi connectivity index (χ3n) is 3.32. The number of hydrogen-bond donors (Lipinski definition) is 2. The zero-order chi connectivity index (χ0) is 18.9. The van der Waals surface area contributed by atoms with Crippen molar-refractivity contribution in [2.24, 2.45) is 0 Å². The van der Waals surface area contributed by atoms with E-state index < -0.39 is 11.5 Å². The summed E-state index contributed by atoms with van der Waals surface area (Å²) in [7, 11) is 1.25. The molecule has 7 nitrogen and oxygen atoms in total. The number of benzene rings is 1. The number of hydrogen-bond acceptors (Lipinski definition) is 6. The molecule has 2 aromatic rings. The highest BCUT2D eigenvalue weighted by atomic mass is 32.2. The van der Waals surface area contributed by atoms with Crippen LogP contribution in [0.5, 0.6) is 0 Å². The van der Waals surface area contributed by atoms with Crippen molar-refractivity contribution in [3.63, 3.8) is 0 Å². The fourth-order valence-corrected chi connectivity index (χ4v) is 2.77. The van der Waals surface area contributed by atoms with Gasteiger partial charge in [0.15, 0.2) is 5.16 Å². The number of methoxy groups -OCH3 is 1. The highest BCUT2D eigenvalue weighted by Crippen LogP contribution is 2.11. The second-order valence-electron chi connectivity index (χ2n) is 5.31. The molecule has 26 heavy (non-hydrogen) atoms. The van der Waals surface area contributed by atoms with Crippen molar-refractivity contribution < 1.29 is 18.7 Å². The van der Waals surface area contributed by atoms with Gasteiger partial charge < -0.3 is 15.0 Å². The van der Waals surface area contributed by atoms with Crippen LogP contribution >= 0.6 is 11.8 Å². The zero-order valence-electron chi connectivity index (χ0n) is 14.1. The number of halogens is 1. The molecule has 0 spiro atoms. The van der Waals surface area contributed by atoms with E-state index in [2.05, 4.69) is 20.0 Å². The average molecular weight is 379 g/mol. The summed E-state index contributed by atoms with van der Waals surface area (Å²) in [5.41, 5.74) is 0.791. The van der Waals surface area contributed by atoms with Crippen molar-refractivity contribution in [3.8, 4) is 0 Å². The van der Waals surface area contributed by atoms with E-state index in [0.29, 0.717) is 13.0 Å². The van der Waals surface area contributed by atoms with Crippen molar-refractivity contribution in [1.29, 1.82) is 0 Å². The van der Waals surface area contributed by atoms with Gasteiger partial charge in [-0.3, -0.25) is 14.4 Å². The van der Waals surface area contributed by atoms with Gasteiger partial charge in [0.05, 0.1) is 25.0 Å². The standard InChI is InChI=1S/C17H18FN3O4S/c1-25-16(24)9-13-8-14(22)21-17(20-13)26-10-15(23)19-7-6-11-2-4-12(18)5-3-11/h2-5,8H,6-7,9-10H2,1H3,(H,19,23)(H,20,21,22). The van der Waals surface area contributed by atoms with E-state index in [0.717, 1.165) is 17.3 Å². The van der Waals surface area contributed by atoms with Crippen LogP contribution in [-0.2, 0) is 27.2 Å². The van der Waals surface area contributed by atoms with Gasteiger partial charge in [-0.15, -0.1) is 0 Å². The fourth-order valence-electron chi connectivity index (χ4n) is 2.04. The Morgan fingerprint density at radius 2 is 2.04 bits per heavy atom. The predicted molar refractivity (Wildman–Crippen MR) is 94.4 cm³/mol. The molecular weight excluding hydrogens is 361 g/mol. The van der Waals surface area contributed by atoms with Gasteiger partial charge in [0.2, 0.25) is 5.91 Å². The number of carbonyl (C=O) groups is 2. The van der Waals surface area contributed by atoms with Gasteiger partial charge >= 0.3 is 5.97 Å². The zero-order valence-corrected chi connectivity index (χ0v) is 14.9. The normalized spacial score (nSPS) is 10.4. The molecule has 0 aliphatic carbocycles. The predicted octanol–water partition coefficient (Wildman–Crippen LogP) is 1.08. The summed E-state index contributed by atoms with van der Waals surface area (Å²) in [5, 5.41) is 2.99. The Hall–Kier alpha value is -2.68. The number of thioether (sulfide) groups is 1. The lowest BCUT2D eigenvalue weighted by Crippen LogP contribution is -2.27. The Morgan fingerprint density at radius 3 is 2.73 bits per heavy atom. The van der Waals surface area contributed by atoms with E-state index in [9.17, 15) is 18.8 Å². The summed E-state index contributed by atoms with van der Waals surface area (Å²) in [6.45, 7) is 0.414. The van der Waals surface area contributed by atoms with Crippen LogP contribution in [0.4, 0.5) is 4.39 Å². The molecule has 0 saturated carbocycles. The van der Waals surface area contributed by atoms with Crippen molar-refractivity contribution in [2.75, 3.05) is 19.4 Å². The highest BCUT2D eigenvalue weighted by Gasteiger charge is 2.09. The van der Waals surface area contributed by atoms with E-state index in [-0.39, 0.29) is 34.7 Å². The lowest BCUT2D eigenvalue weighted by Gasteiger charge is -2.06. The quantitative estimate of drug-likeness (QED) is 0.404. The first-order valence-corrected chi connectivity index (χ1v) is 8.76. The number of nitrogens with one attached hydrogen (secondary N) is 2. The van der Waals surface area contributed by atoms with Gasteiger partial charge in [-0.1, -0.05) is 23.9 Å². The summed E-state index contributed by atoms with van der Waals surface area (Å²) in [6, 6.07) is 7.28. The summed E-state index contributed by atoms with van der Waals surface area (Å²) >= 11 is 1.06. The van der Waals surface area contributed by atoms with Crippen LogP contribution in [0.1, 0.15) is 11.3 Å². The molecule has 1 aromatic heterocycles. The smallest absolute Gasteiger partial charge is 0.311 e. The number of H-pyrrole nitrogens is 1. The van der Waals surface area contributed by atoms with E-state index >= 15 is 0 Å². The number of esters is 1.